The van der Waals surface area contributed by atoms with E-state index in [1.165, 1.54) is 0 Å². The van der Waals surface area contributed by atoms with Crippen molar-refractivity contribution in [2.75, 3.05) is 0 Å². The Morgan fingerprint density at radius 2 is 1.25 bits per heavy atom. The minimum atomic E-state index is -0.673. The smallest absolute Gasteiger partial charge is 0.332 e. The number of hydrogen-bond donors (Lipinski definition) is 0. The molecule has 0 aromatic heterocycles. The molecule has 0 saturated carbocycles. The summed E-state index contributed by atoms with van der Waals surface area (Å²) in [6.45, 7) is 4.03. The summed E-state index contributed by atoms with van der Waals surface area (Å²) in [5.41, 5.74) is -1.35. The van der Waals surface area contributed by atoms with Gasteiger partial charge in [0, 0.05) is 12.2 Å². The first-order valence-corrected chi connectivity index (χ1v) is 7.74. The van der Waals surface area contributed by atoms with Gasteiger partial charge >= 0.3 is 11.9 Å². The highest BCUT2D eigenvalue weighted by molar-refractivity contribution is 6.20. The Morgan fingerprint density at radius 1 is 0.900 bits per heavy atom. The molecule has 0 aliphatic carbocycles. The molecule has 0 heterocycles. The van der Waals surface area contributed by atoms with Crippen molar-refractivity contribution in [3.05, 3.63) is 12.2 Å². The largest absolute Gasteiger partial charge is 0.443 e. The van der Waals surface area contributed by atoms with Crippen molar-refractivity contribution >= 4 is 35.1 Å². The number of ether oxygens (including phenoxy) is 2. The van der Waals surface area contributed by atoms with E-state index in [9.17, 15) is 9.59 Å². The first kappa shape index (κ1) is 19.3. The van der Waals surface area contributed by atoms with Gasteiger partial charge in [0.15, 0.2) is 11.1 Å². The molecule has 0 fully saturated rings. The summed E-state index contributed by atoms with van der Waals surface area (Å²) < 4.78 is 9.74. The number of unbranched alkanes of at least 4 members (excludes halogenated alkanes) is 2. The minimum absolute atomic E-state index is 0.586. The van der Waals surface area contributed by atoms with Crippen LogP contribution in [0.25, 0.3) is 0 Å². The number of carbonyl (C=O) groups is 2. The van der Waals surface area contributed by atoms with Gasteiger partial charge in [0.2, 0.25) is 0 Å². The van der Waals surface area contributed by atoms with Gasteiger partial charge in [-0.25, -0.2) is 9.59 Å². The van der Waals surface area contributed by atoms with Crippen LogP contribution in [-0.2, 0) is 19.1 Å². The maximum absolute atomic E-state index is 11.3. The van der Waals surface area contributed by atoms with Gasteiger partial charge in [-0.1, -0.05) is 49.9 Å². The molecule has 0 saturated heterocycles. The van der Waals surface area contributed by atoms with E-state index in [0.717, 1.165) is 37.8 Å². The monoisotopic (exact) mass is 324 g/mol. The van der Waals surface area contributed by atoms with Crippen LogP contribution in [0.3, 0.4) is 0 Å². The third kappa shape index (κ3) is 11.1. The van der Waals surface area contributed by atoms with E-state index in [0.29, 0.717) is 12.8 Å². The predicted octanol–water partition coefficient (Wildman–Crippen LogP) is 4.14. The van der Waals surface area contributed by atoms with Crippen molar-refractivity contribution in [3.63, 3.8) is 0 Å². The van der Waals surface area contributed by atoms with Crippen molar-refractivity contribution in [3.8, 4) is 0 Å². The van der Waals surface area contributed by atoms with E-state index in [1.54, 1.807) is 0 Å². The number of alkyl halides is 2. The molecule has 2 unspecified atom stereocenters. The van der Waals surface area contributed by atoms with E-state index in [2.05, 4.69) is 0 Å². The van der Waals surface area contributed by atoms with Gasteiger partial charge in [-0.2, -0.15) is 0 Å². The highest BCUT2D eigenvalue weighted by Gasteiger charge is 2.11. The van der Waals surface area contributed by atoms with E-state index >= 15 is 0 Å². The average molecular weight is 325 g/mol. The topological polar surface area (TPSA) is 52.6 Å². The summed E-state index contributed by atoms with van der Waals surface area (Å²) in [5.74, 6) is -1.34. The Labute approximate surface area is 130 Å². The molecule has 116 valence electrons. The van der Waals surface area contributed by atoms with Gasteiger partial charge in [0.25, 0.3) is 0 Å². The summed E-state index contributed by atoms with van der Waals surface area (Å²) in [6.07, 6.45) is 6.85. The Kier molecular flexibility index (Phi) is 11.6. The molecule has 0 aliphatic heterocycles. The lowest BCUT2D eigenvalue weighted by Crippen LogP contribution is -2.13. The molecule has 0 aromatic carbocycles. The van der Waals surface area contributed by atoms with Crippen LogP contribution in [0.1, 0.15) is 52.4 Å². The van der Waals surface area contributed by atoms with E-state index in [-0.39, 0.29) is 0 Å². The van der Waals surface area contributed by atoms with Gasteiger partial charge in [-0.05, 0) is 25.7 Å². The van der Waals surface area contributed by atoms with Crippen molar-refractivity contribution in [2.45, 2.75) is 63.5 Å². The molecule has 0 spiro atoms. The standard InChI is InChI=1S/C14H22Cl2O4/c1-3-5-7-11(15)19-13(17)9-10-14(18)20-12(16)8-6-4-2/h9-12H,3-8H2,1-2H3/b10-9+. The van der Waals surface area contributed by atoms with Gasteiger partial charge in [-0.15, -0.1) is 0 Å². The molecular formula is C14H22Cl2O4. The molecule has 0 rings (SSSR count). The third-order valence-electron chi connectivity index (χ3n) is 2.41. The van der Waals surface area contributed by atoms with E-state index < -0.39 is 23.1 Å². The Balaban J connectivity index is 3.96. The molecule has 0 N–H and O–H groups in total. The molecular weight excluding hydrogens is 303 g/mol. The lowest BCUT2D eigenvalue weighted by atomic mass is 10.3. The van der Waals surface area contributed by atoms with Crippen LogP contribution in [0.5, 0.6) is 0 Å². The molecule has 0 radical (unpaired) electrons. The second-order valence-corrected chi connectivity index (χ2v) is 5.29. The quantitative estimate of drug-likeness (QED) is 0.344. The Morgan fingerprint density at radius 3 is 1.55 bits per heavy atom. The lowest BCUT2D eigenvalue weighted by molar-refractivity contribution is -0.142. The molecule has 4 nitrogen and oxygen atoms in total. The summed E-state index contributed by atoms with van der Waals surface area (Å²) in [7, 11) is 0. The molecule has 20 heavy (non-hydrogen) atoms. The summed E-state index contributed by atoms with van der Waals surface area (Å²) in [5, 5.41) is 0. The van der Waals surface area contributed by atoms with E-state index in [1.807, 2.05) is 13.8 Å². The van der Waals surface area contributed by atoms with Crippen LogP contribution in [0.4, 0.5) is 0 Å². The average Bonchev–Trinajstić information content (AvgIpc) is 2.40. The maximum Gasteiger partial charge on any atom is 0.332 e. The van der Waals surface area contributed by atoms with Crippen molar-refractivity contribution in [2.24, 2.45) is 0 Å². The number of carbonyl (C=O) groups excluding carboxylic acids is 2. The molecule has 0 aromatic rings. The minimum Gasteiger partial charge on any atom is -0.443 e. The van der Waals surface area contributed by atoms with Crippen LogP contribution in [0.15, 0.2) is 12.2 Å². The van der Waals surface area contributed by atoms with Crippen LogP contribution < -0.4 is 0 Å². The summed E-state index contributed by atoms with van der Waals surface area (Å²) >= 11 is 11.6. The van der Waals surface area contributed by atoms with Crippen LogP contribution in [0, 0.1) is 0 Å². The fourth-order valence-electron chi connectivity index (χ4n) is 1.31. The molecule has 6 heteroatoms. The van der Waals surface area contributed by atoms with Gasteiger partial charge < -0.3 is 9.47 Å². The van der Waals surface area contributed by atoms with Crippen molar-refractivity contribution < 1.29 is 19.1 Å². The summed E-state index contributed by atoms with van der Waals surface area (Å²) in [4.78, 5) is 22.7. The second-order valence-electron chi connectivity index (χ2n) is 4.31. The first-order chi connectivity index (χ1) is 9.49. The maximum atomic E-state index is 11.3. The van der Waals surface area contributed by atoms with E-state index in [4.69, 9.17) is 32.7 Å². The van der Waals surface area contributed by atoms with Crippen LogP contribution in [-0.4, -0.2) is 23.1 Å². The first-order valence-electron chi connectivity index (χ1n) is 6.87. The summed E-state index contributed by atoms with van der Waals surface area (Å²) in [6, 6.07) is 0. The number of halogens is 2. The van der Waals surface area contributed by atoms with Gasteiger partial charge in [0.05, 0.1) is 0 Å². The van der Waals surface area contributed by atoms with Crippen molar-refractivity contribution in [1.29, 1.82) is 0 Å². The van der Waals surface area contributed by atoms with Gasteiger partial charge in [-0.3, -0.25) is 0 Å². The highest BCUT2D eigenvalue weighted by Crippen LogP contribution is 2.10. The molecule has 0 bridgehead atoms. The third-order valence-corrected chi connectivity index (χ3v) is 3.03. The normalized spacial score (nSPS) is 14.0. The predicted molar refractivity (Wildman–Crippen MR) is 79.7 cm³/mol. The van der Waals surface area contributed by atoms with Gasteiger partial charge in [0.1, 0.15) is 0 Å². The zero-order chi connectivity index (χ0) is 15.4. The van der Waals surface area contributed by atoms with Crippen LogP contribution >= 0.6 is 23.2 Å². The number of rotatable bonds is 10. The molecule has 0 amide bonds. The van der Waals surface area contributed by atoms with Crippen molar-refractivity contribution in [1.82, 2.24) is 0 Å². The molecule has 0 aliphatic rings. The highest BCUT2D eigenvalue weighted by atomic mass is 35.5. The zero-order valence-electron chi connectivity index (χ0n) is 11.9. The fraction of sp³-hybridized carbons (Fsp3) is 0.714. The number of esters is 2. The lowest BCUT2D eigenvalue weighted by Gasteiger charge is -2.09. The number of hydrogen-bond acceptors (Lipinski definition) is 4. The Bertz CT molecular complexity index is 288. The SMILES string of the molecule is CCCCC(Cl)OC(=O)/C=C/C(=O)OC(Cl)CCCC. The van der Waals surface area contributed by atoms with Crippen LogP contribution in [0.2, 0.25) is 0 Å². The Hall–Kier alpha value is -0.740. The second kappa shape index (κ2) is 12.0. The molecule has 2 atom stereocenters. The zero-order valence-corrected chi connectivity index (χ0v) is 13.5. The fourth-order valence-corrected chi connectivity index (χ4v) is 1.80.